The molecule has 0 bridgehead atoms. The molecule has 1 fully saturated rings. The van der Waals surface area contributed by atoms with E-state index in [9.17, 15) is 0 Å². The average Bonchev–Trinajstić information content (AvgIpc) is 3.21. The number of hydrogen-bond acceptors (Lipinski definition) is 5. The highest BCUT2D eigenvalue weighted by molar-refractivity contribution is 5.45. The second-order valence-electron chi connectivity index (χ2n) is 6.18. The Balaban J connectivity index is 1.88. The van der Waals surface area contributed by atoms with Crippen LogP contribution in [-0.2, 0) is 11.8 Å². The van der Waals surface area contributed by atoms with E-state index in [-0.39, 0.29) is 5.41 Å². The lowest BCUT2D eigenvalue weighted by molar-refractivity contribution is 0.353. The van der Waals surface area contributed by atoms with Gasteiger partial charge in [-0.3, -0.25) is 0 Å². The predicted octanol–water partition coefficient (Wildman–Crippen LogP) is 2.62. The van der Waals surface area contributed by atoms with Crippen molar-refractivity contribution in [1.82, 2.24) is 15.5 Å². The highest BCUT2D eigenvalue weighted by Crippen LogP contribution is 2.53. The van der Waals surface area contributed by atoms with Crippen LogP contribution < -0.4 is 10.1 Å². The predicted molar refractivity (Wildman–Crippen MR) is 84.3 cm³/mol. The lowest BCUT2D eigenvalue weighted by atomic mass is 9.94. The molecule has 1 N–H and O–H groups in total. The number of ether oxygens (including phenoxy) is 1. The fourth-order valence-corrected chi connectivity index (χ4v) is 2.78. The largest absolute Gasteiger partial charge is 0.496 e. The molecule has 1 heterocycles. The van der Waals surface area contributed by atoms with Crippen molar-refractivity contribution in [3.63, 3.8) is 0 Å². The molecule has 3 rings (SSSR count). The Morgan fingerprint density at radius 1 is 1.41 bits per heavy atom. The van der Waals surface area contributed by atoms with E-state index in [1.807, 2.05) is 14.0 Å². The minimum atomic E-state index is -0.116. The van der Waals surface area contributed by atoms with Crippen LogP contribution in [-0.4, -0.2) is 30.3 Å². The van der Waals surface area contributed by atoms with Crippen molar-refractivity contribution in [3.8, 4) is 5.75 Å². The van der Waals surface area contributed by atoms with Crippen molar-refractivity contribution in [2.75, 3.05) is 14.2 Å². The Labute approximate surface area is 131 Å². The standard InChI is InChI=1S/C17H23N3O2/c1-11-5-6-13(10-14(11)21-4)17(7-8-17)16-19-15(20-22-16)9-12(2)18-3/h5-6,10,12,18H,7-9H2,1-4H3. The Morgan fingerprint density at radius 2 is 2.18 bits per heavy atom. The molecule has 2 aromatic rings. The fourth-order valence-electron chi connectivity index (χ4n) is 2.78. The molecule has 0 amide bonds. The first-order chi connectivity index (χ1) is 10.6. The van der Waals surface area contributed by atoms with Crippen molar-refractivity contribution in [2.24, 2.45) is 0 Å². The van der Waals surface area contributed by atoms with Gasteiger partial charge in [-0.15, -0.1) is 0 Å². The molecular weight excluding hydrogens is 278 g/mol. The highest BCUT2D eigenvalue weighted by atomic mass is 16.5. The third-order valence-corrected chi connectivity index (χ3v) is 4.57. The van der Waals surface area contributed by atoms with Crippen LogP contribution in [0.3, 0.4) is 0 Å². The summed E-state index contributed by atoms with van der Waals surface area (Å²) in [7, 11) is 3.64. The van der Waals surface area contributed by atoms with Gasteiger partial charge in [0.05, 0.1) is 12.5 Å². The smallest absolute Gasteiger partial charge is 0.237 e. The summed E-state index contributed by atoms with van der Waals surface area (Å²) < 4.78 is 11.0. The van der Waals surface area contributed by atoms with E-state index in [1.165, 1.54) is 5.56 Å². The van der Waals surface area contributed by atoms with E-state index < -0.39 is 0 Å². The first-order valence-corrected chi connectivity index (χ1v) is 7.74. The van der Waals surface area contributed by atoms with E-state index >= 15 is 0 Å². The van der Waals surface area contributed by atoms with E-state index in [0.29, 0.717) is 6.04 Å². The topological polar surface area (TPSA) is 60.2 Å². The SMILES string of the molecule is CNC(C)Cc1noc(C2(c3ccc(C)c(OC)c3)CC2)n1. The van der Waals surface area contributed by atoms with Crippen molar-refractivity contribution < 1.29 is 9.26 Å². The Morgan fingerprint density at radius 3 is 2.82 bits per heavy atom. The quantitative estimate of drug-likeness (QED) is 0.888. The van der Waals surface area contributed by atoms with E-state index in [0.717, 1.165) is 42.3 Å². The molecule has 1 aromatic carbocycles. The number of nitrogens with zero attached hydrogens (tertiary/aromatic N) is 2. The summed E-state index contributed by atoms with van der Waals surface area (Å²) >= 11 is 0. The van der Waals surface area contributed by atoms with Crippen LogP contribution in [0.5, 0.6) is 5.75 Å². The monoisotopic (exact) mass is 301 g/mol. The van der Waals surface area contributed by atoms with Gasteiger partial charge in [0.1, 0.15) is 5.75 Å². The number of hydrogen-bond donors (Lipinski definition) is 1. The van der Waals surface area contributed by atoms with Gasteiger partial charge >= 0.3 is 0 Å². The van der Waals surface area contributed by atoms with Crippen LogP contribution >= 0.6 is 0 Å². The van der Waals surface area contributed by atoms with Crippen molar-refractivity contribution in [3.05, 3.63) is 41.0 Å². The summed E-state index contributed by atoms with van der Waals surface area (Å²) in [6.45, 7) is 4.15. The van der Waals surface area contributed by atoms with Crippen molar-refractivity contribution in [2.45, 2.75) is 44.6 Å². The van der Waals surface area contributed by atoms with Gasteiger partial charge in [0.25, 0.3) is 0 Å². The number of methoxy groups -OCH3 is 1. The summed E-state index contributed by atoms with van der Waals surface area (Å²) in [6.07, 6.45) is 2.86. The minimum Gasteiger partial charge on any atom is -0.496 e. The van der Waals surface area contributed by atoms with Crippen LogP contribution in [0.1, 0.15) is 42.6 Å². The number of benzene rings is 1. The van der Waals surface area contributed by atoms with Gasteiger partial charge < -0.3 is 14.6 Å². The highest BCUT2D eigenvalue weighted by Gasteiger charge is 2.51. The lowest BCUT2D eigenvalue weighted by Crippen LogP contribution is -2.24. The summed E-state index contributed by atoms with van der Waals surface area (Å²) in [4.78, 5) is 4.63. The van der Waals surface area contributed by atoms with Gasteiger partial charge in [-0.1, -0.05) is 17.3 Å². The number of aryl methyl sites for hydroxylation is 1. The van der Waals surface area contributed by atoms with E-state index in [1.54, 1.807) is 7.11 Å². The maximum Gasteiger partial charge on any atom is 0.237 e. The zero-order valence-corrected chi connectivity index (χ0v) is 13.6. The summed E-state index contributed by atoms with van der Waals surface area (Å²) in [5.74, 6) is 2.41. The number of nitrogens with one attached hydrogen (secondary N) is 1. The lowest BCUT2D eigenvalue weighted by Gasteiger charge is -2.13. The molecule has 1 unspecified atom stereocenters. The molecule has 0 saturated heterocycles. The number of rotatable bonds is 6. The van der Waals surface area contributed by atoms with Crippen LogP contribution in [0, 0.1) is 6.92 Å². The van der Waals surface area contributed by atoms with Crippen LogP contribution in [0.25, 0.3) is 0 Å². The molecule has 1 saturated carbocycles. The molecule has 0 aliphatic heterocycles. The molecule has 0 spiro atoms. The molecule has 5 nitrogen and oxygen atoms in total. The third-order valence-electron chi connectivity index (χ3n) is 4.57. The third kappa shape index (κ3) is 2.61. The second-order valence-corrected chi connectivity index (χ2v) is 6.18. The van der Waals surface area contributed by atoms with Crippen LogP contribution in [0.4, 0.5) is 0 Å². The Bertz CT molecular complexity index is 662. The fraction of sp³-hybridized carbons (Fsp3) is 0.529. The van der Waals surface area contributed by atoms with Gasteiger partial charge in [0, 0.05) is 12.5 Å². The average molecular weight is 301 g/mol. The van der Waals surface area contributed by atoms with Gasteiger partial charge in [0.2, 0.25) is 5.89 Å². The molecule has 1 aliphatic rings. The Hall–Kier alpha value is -1.88. The summed E-state index contributed by atoms with van der Waals surface area (Å²) in [6, 6.07) is 6.67. The number of likely N-dealkylation sites (N-methyl/N-ethyl adjacent to an activating group) is 1. The minimum absolute atomic E-state index is 0.116. The summed E-state index contributed by atoms with van der Waals surface area (Å²) in [5.41, 5.74) is 2.22. The normalized spacial score (nSPS) is 17.3. The second kappa shape index (κ2) is 5.72. The van der Waals surface area contributed by atoms with Crippen molar-refractivity contribution in [1.29, 1.82) is 0 Å². The van der Waals surface area contributed by atoms with Gasteiger partial charge in [-0.2, -0.15) is 4.98 Å². The van der Waals surface area contributed by atoms with E-state index in [4.69, 9.17) is 9.26 Å². The summed E-state index contributed by atoms with van der Waals surface area (Å²) in [5, 5.41) is 7.33. The first-order valence-electron chi connectivity index (χ1n) is 7.74. The van der Waals surface area contributed by atoms with Gasteiger partial charge in [-0.05, 0) is 50.9 Å². The molecule has 118 valence electrons. The number of aromatic nitrogens is 2. The first kappa shape index (κ1) is 15.0. The zero-order valence-electron chi connectivity index (χ0n) is 13.6. The Kier molecular flexibility index (Phi) is 3.91. The molecule has 1 aliphatic carbocycles. The van der Waals surface area contributed by atoms with Crippen molar-refractivity contribution >= 4 is 0 Å². The molecular formula is C17H23N3O2. The molecule has 22 heavy (non-hydrogen) atoms. The molecule has 1 aromatic heterocycles. The zero-order chi connectivity index (χ0) is 15.7. The van der Waals surface area contributed by atoms with Gasteiger partial charge in [0.15, 0.2) is 5.82 Å². The van der Waals surface area contributed by atoms with Crippen LogP contribution in [0.2, 0.25) is 0 Å². The molecule has 0 radical (unpaired) electrons. The maximum absolute atomic E-state index is 5.57. The molecule has 5 heteroatoms. The van der Waals surface area contributed by atoms with E-state index in [2.05, 4.69) is 40.6 Å². The van der Waals surface area contributed by atoms with Crippen LogP contribution in [0.15, 0.2) is 22.7 Å². The molecule has 1 atom stereocenters. The van der Waals surface area contributed by atoms with Gasteiger partial charge in [-0.25, -0.2) is 0 Å². The maximum atomic E-state index is 5.57.